The fourth-order valence-electron chi connectivity index (χ4n) is 1.51. The van der Waals surface area contributed by atoms with Gasteiger partial charge >= 0.3 is 5.97 Å². The number of nitriles is 1. The third-order valence-electron chi connectivity index (χ3n) is 2.37. The minimum atomic E-state index is -0.668. The van der Waals surface area contributed by atoms with Crippen LogP contribution in [0, 0.1) is 21.4 Å². The minimum Gasteiger partial charge on any atom is -0.469 e. The maximum atomic E-state index is 11.2. The van der Waals surface area contributed by atoms with E-state index in [1.807, 2.05) is 0 Å². The molecule has 0 saturated carbocycles. The standard InChI is InChI=1S/C11H11N3O4/c1-18-11(15)4-8-2-7(5-12)3-10(14(16)17)9(8)6-13/h2-3H,4-5,12H2,1H3. The number of nitrogens with zero attached hydrogens (tertiary/aromatic N) is 2. The SMILES string of the molecule is COC(=O)Cc1cc(CN)cc([N+](=O)[O-])c1C#N. The lowest BCUT2D eigenvalue weighted by Crippen LogP contribution is -2.09. The second-order valence-corrected chi connectivity index (χ2v) is 3.48. The van der Waals surface area contributed by atoms with Crippen molar-refractivity contribution in [3.63, 3.8) is 0 Å². The summed E-state index contributed by atoms with van der Waals surface area (Å²) in [6, 6.07) is 4.47. The van der Waals surface area contributed by atoms with E-state index in [9.17, 15) is 14.9 Å². The number of rotatable bonds is 4. The first-order valence-electron chi connectivity index (χ1n) is 5.00. The number of nitro benzene ring substituents is 1. The molecule has 0 spiro atoms. The highest BCUT2D eigenvalue weighted by Gasteiger charge is 2.20. The molecule has 0 bridgehead atoms. The van der Waals surface area contributed by atoms with Crippen LogP contribution in [-0.4, -0.2) is 18.0 Å². The summed E-state index contributed by atoms with van der Waals surface area (Å²) < 4.78 is 4.48. The molecule has 0 radical (unpaired) electrons. The Hall–Kier alpha value is -2.46. The summed E-state index contributed by atoms with van der Waals surface area (Å²) in [6.45, 7) is 0.0840. The normalized spacial score (nSPS) is 9.61. The Morgan fingerprint density at radius 2 is 2.28 bits per heavy atom. The molecule has 0 aliphatic rings. The smallest absolute Gasteiger partial charge is 0.310 e. The minimum absolute atomic E-state index is 0.0840. The molecule has 0 fully saturated rings. The van der Waals surface area contributed by atoms with Crippen LogP contribution in [0.1, 0.15) is 16.7 Å². The molecule has 2 N–H and O–H groups in total. The van der Waals surface area contributed by atoms with Gasteiger partial charge in [-0.15, -0.1) is 0 Å². The van der Waals surface area contributed by atoms with E-state index in [4.69, 9.17) is 11.0 Å². The average molecular weight is 249 g/mol. The quantitative estimate of drug-likeness (QED) is 0.475. The molecular formula is C11H11N3O4. The van der Waals surface area contributed by atoms with E-state index in [0.717, 1.165) is 0 Å². The third kappa shape index (κ3) is 2.81. The maximum Gasteiger partial charge on any atom is 0.310 e. The number of hydrogen-bond acceptors (Lipinski definition) is 6. The van der Waals surface area contributed by atoms with E-state index in [2.05, 4.69) is 4.74 Å². The molecule has 18 heavy (non-hydrogen) atoms. The topological polar surface area (TPSA) is 119 Å². The Bertz CT molecular complexity index is 534. The molecule has 0 aromatic heterocycles. The number of esters is 1. The molecule has 0 aliphatic heterocycles. The average Bonchev–Trinajstić information content (AvgIpc) is 2.37. The molecule has 1 aromatic rings. The van der Waals surface area contributed by atoms with Crippen molar-refractivity contribution in [3.05, 3.63) is 38.9 Å². The van der Waals surface area contributed by atoms with E-state index in [1.54, 1.807) is 6.07 Å². The number of benzene rings is 1. The van der Waals surface area contributed by atoms with Crippen molar-refractivity contribution in [2.45, 2.75) is 13.0 Å². The molecule has 7 nitrogen and oxygen atoms in total. The molecule has 1 rings (SSSR count). The van der Waals surface area contributed by atoms with Gasteiger partial charge in [-0.1, -0.05) is 6.07 Å². The summed E-state index contributed by atoms with van der Waals surface area (Å²) in [6.07, 6.45) is -0.200. The van der Waals surface area contributed by atoms with Crippen molar-refractivity contribution < 1.29 is 14.5 Å². The van der Waals surface area contributed by atoms with Crippen LogP contribution >= 0.6 is 0 Å². The van der Waals surface area contributed by atoms with Crippen LogP contribution in [0.25, 0.3) is 0 Å². The highest BCUT2D eigenvalue weighted by atomic mass is 16.6. The molecule has 0 heterocycles. The Morgan fingerprint density at radius 1 is 1.61 bits per heavy atom. The van der Waals surface area contributed by atoms with Gasteiger partial charge in [-0.2, -0.15) is 5.26 Å². The van der Waals surface area contributed by atoms with Crippen LogP contribution in [-0.2, 0) is 22.5 Å². The van der Waals surface area contributed by atoms with Crippen LogP contribution in [0.2, 0.25) is 0 Å². The van der Waals surface area contributed by atoms with Crippen molar-refractivity contribution in [1.29, 1.82) is 5.26 Å². The zero-order chi connectivity index (χ0) is 13.7. The third-order valence-corrected chi connectivity index (χ3v) is 2.37. The molecule has 0 aliphatic carbocycles. The predicted octanol–water partition coefficient (Wildman–Crippen LogP) is 0.641. The summed E-state index contributed by atoms with van der Waals surface area (Å²) >= 11 is 0. The highest BCUT2D eigenvalue weighted by molar-refractivity contribution is 5.74. The van der Waals surface area contributed by atoms with Gasteiger partial charge in [-0.25, -0.2) is 0 Å². The number of carbonyl (C=O) groups is 1. The highest BCUT2D eigenvalue weighted by Crippen LogP contribution is 2.24. The van der Waals surface area contributed by atoms with Crippen molar-refractivity contribution in [2.24, 2.45) is 5.73 Å². The summed E-state index contributed by atoms with van der Waals surface area (Å²) in [7, 11) is 1.20. The van der Waals surface area contributed by atoms with Gasteiger partial charge in [-0.3, -0.25) is 14.9 Å². The van der Waals surface area contributed by atoms with Gasteiger partial charge in [-0.05, 0) is 11.1 Å². The van der Waals surface area contributed by atoms with Gasteiger partial charge in [0.2, 0.25) is 0 Å². The van der Waals surface area contributed by atoms with E-state index in [0.29, 0.717) is 5.56 Å². The van der Waals surface area contributed by atoms with Crippen LogP contribution in [0.5, 0.6) is 0 Å². The van der Waals surface area contributed by atoms with E-state index >= 15 is 0 Å². The first kappa shape index (κ1) is 13.6. The second kappa shape index (κ2) is 5.75. The number of hydrogen-bond donors (Lipinski definition) is 1. The van der Waals surface area contributed by atoms with Crippen molar-refractivity contribution in [3.8, 4) is 6.07 Å². The van der Waals surface area contributed by atoms with Crippen molar-refractivity contribution in [1.82, 2.24) is 0 Å². The summed E-state index contributed by atoms with van der Waals surface area (Å²) in [5.41, 5.74) is 5.67. The molecule has 7 heteroatoms. The van der Waals surface area contributed by atoms with Crippen LogP contribution in [0.4, 0.5) is 5.69 Å². The second-order valence-electron chi connectivity index (χ2n) is 3.48. The molecule has 0 unspecified atom stereocenters. The number of nitro groups is 1. The number of ether oxygens (including phenoxy) is 1. The number of nitrogens with two attached hydrogens (primary N) is 1. The van der Waals surface area contributed by atoms with Crippen molar-refractivity contribution in [2.75, 3.05) is 7.11 Å². The molecule has 1 aromatic carbocycles. The lowest BCUT2D eigenvalue weighted by molar-refractivity contribution is -0.385. The predicted molar refractivity (Wildman–Crippen MR) is 61.4 cm³/mol. The van der Waals surface area contributed by atoms with Gasteiger partial charge in [0.25, 0.3) is 5.69 Å². The van der Waals surface area contributed by atoms with E-state index < -0.39 is 10.9 Å². The maximum absolute atomic E-state index is 11.2. The zero-order valence-corrected chi connectivity index (χ0v) is 9.67. The molecular weight excluding hydrogens is 238 g/mol. The Labute approximate surface area is 103 Å². The van der Waals surface area contributed by atoms with Crippen LogP contribution in [0.15, 0.2) is 12.1 Å². The van der Waals surface area contributed by atoms with Gasteiger partial charge in [0, 0.05) is 12.6 Å². The fourth-order valence-corrected chi connectivity index (χ4v) is 1.51. The van der Waals surface area contributed by atoms with E-state index in [1.165, 1.54) is 19.2 Å². The van der Waals surface area contributed by atoms with Crippen LogP contribution in [0.3, 0.4) is 0 Å². The Kier molecular flexibility index (Phi) is 4.34. The van der Waals surface area contributed by atoms with Gasteiger partial charge in [0.1, 0.15) is 11.6 Å². The first-order chi connectivity index (χ1) is 8.53. The van der Waals surface area contributed by atoms with E-state index in [-0.39, 0.29) is 29.8 Å². The number of carbonyl (C=O) groups excluding carboxylic acids is 1. The monoisotopic (exact) mass is 249 g/mol. The van der Waals surface area contributed by atoms with Crippen molar-refractivity contribution >= 4 is 11.7 Å². The summed E-state index contributed by atoms with van der Waals surface area (Å²) in [4.78, 5) is 21.4. The summed E-state index contributed by atoms with van der Waals surface area (Å²) in [5.74, 6) is -0.574. The Morgan fingerprint density at radius 3 is 2.72 bits per heavy atom. The Balaban J connectivity index is 3.38. The molecule has 94 valence electrons. The largest absolute Gasteiger partial charge is 0.469 e. The molecule has 0 atom stereocenters. The lowest BCUT2D eigenvalue weighted by Gasteiger charge is -2.06. The lowest BCUT2D eigenvalue weighted by atomic mass is 10.00. The first-order valence-corrected chi connectivity index (χ1v) is 5.00. The van der Waals surface area contributed by atoms with Crippen LogP contribution < -0.4 is 5.73 Å². The van der Waals surface area contributed by atoms with Gasteiger partial charge < -0.3 is 10.5 Å². The van der Waals surface area contributed by atoms with Gasteiger partial charge in [0.15, 0.2) is 0 Å². The zero-order valence-electron chi connectivity index (χ0n) is 9.67. The molecule has 0 amide bonds. The number of methoxy groups -OCH3 is 1. The molecule has 0 saturated heterocycles. The van der Waals surface area contributed by atoms with Gasteiger partial charge in [0.05, 0.1) is 18.5 Å². The fraction of sp³-hybridized carbons (Fsp3) is 0.273. The summed E-state index contributed by atoms with van der Waals surface area (Å²) in [5, 5.41) is 19.8.